The van der Waals surface area contributed by atoms with Crippen molar-refractivity contribution in [2.75, 3.05) is 0 Å². The van der Waals surface area contributed by atoms with Crippen molar-refractivity contribution in [1.29, 1.82) is 0 Å². The summed E-state index contributed by atoms with van der Waals surface area (Å²) < 4.78 is 12.7. The van der Waals surface area contributed by atoms with E-state index in [2.05, 4.69) is 20.3 Å². The molecule has 8 heteroatoms. The topological polar surface area (TPSA) is 82.8 Å². The maximum Gasteiger partial charge on any atom is 0.232 e. The highest BCUT2D eigenvalue weighted by Crippen LogP contribution is 2.27. The largest absolute Gasteiger partial charge is 0.461 e. The van der Waals surface area contributed by atoms with Crippen LogP contribution in [0.2, 0.25) is 0 Å². The van der Waals surface area contributed by atoms with Crippen molar-refractivity contribution in [2.45, 2.75) is 50.6 Å². The Morgan fingerprint density at radius 3 is 2.70 bits per heavy atom. The van der Waals surface area contributed by atoms with Gasteiger partial charge in [0.2, 0.25) is 5.89 Å². The zero-order chi connectivity index (χ0) is 16.4. The summed E-state index contributed by atoms with van der Waals surface area (Å²) in [6, 6.07) is 3.71. The summed E-state index contributed by atoms with van der Waals surface area (Å²) in [5.74, 6) is 3.31. The minimum atomic E-state index is -0.147. The molecule has 0 radical (unpaired) electrons. The van der Waals surface area contributed by atoms with E-state index in [9.17, 15) is 0 Å². The van der Waals surface area contributed by atoms with Gasteiger partial charge in [0.1, 0.15) is 0 Å². The minimum absolute atomic E-state index is 0.147. The van der Waals surface area contributed by atoms with E-state index in [1.165, 1.54) is 11.8 Å². The van der Waals surface area contributed by atoms with Crippen LogP contribution in [0.4, 0.5) is 0 Å². The molecule has 0 bridgehead atoms. The smallest absolute Gasteiger partial charge is 0.232 e. The van der Waals surface area contributed by atoms with Gasteiger partial charge in [-0.15, -0.1) is 10.2 Å². The molecule has 0 amide bonds. The van der Waals surface area contributed by atoms with Gasteiger partial charge in [-0.3, -0.25) is 4.57 Å². The third kappa shape index (κ3) is 3.31. The molecule has 7 nitrogen and oxygen atoms in total. The lowest BCUT2D eigenvalue weighted by atomic mass is 9.97. The third-order valence-corrected chi connectivity index (χ3v) is 4.18. The van der Waals surface area contributed by atoms with Gasteiger partial charge in [-0.05, 0) is 19.1 Å². The average molecular weight is 333 g/mol. The van der Waals surface area contributed by atoms with Crippen LogP contribution in [0.1, 0.15) is 39.4 Å². The molecular formula is C15H19N5O2S. The van der Waals surface area contributed by atoms with E-state index in [0.29, 0.717) is 23.2 Å². The second-order valence-electron chi connectivity index (χ2n) is 6.08. The maximum atomic E-state index is 5.41. The van der Waals surface area contributed by atoms with Crippen LogP contribution in [0.3, 0.4) is 0 Å². The number of hydrogen-bond donors (Lipinski definition) is 0. The van der Waals surface area contributed by atoms with Crippen LogP contribution in [-0.4, -0.2) is 24.9 Å². The fourth-order valence-electron chi connectivity index (χ4n) is 2.01. The summed E-state index contributed by atoms with van der Waals surface area (Å²) in [5.41, 5.74) is -0.147. The molecule has 23 heavy (non-hydrogen) atoms. The normalized spacial score (nSPS) is 12.0. The molecule has 0 aliphatic heterocycles. The summed E-state index contributed by atoms with van der Waals surface area (Å²) in [4.78, 5) is 4.43. The molecule has 3 aromatic rings. The SMILES string of the molecule is CCn1c(SCc2noc(C(C)(C)C)n2)nnc1-c1ccco1. The van der Waals surface area contributed by atoms with Crippen molar-refractivity contribution in [3.8, 4) is 11.6 Å². The fourth-order valence-corrected chi connectivity index (χ4v) is 2.86. The quantitative estimate of drug-likeness (QED) is 0.660. The lowest BCUT2D eigenvalue weighted by molar-refractivity contribution is 0.319. The Kier molecular flexibility index (Phi) is 4.25. The Hall–Kier alpha value is -2.09. The molecule has 0 fully saturated rings. The Morgan fingerprint density at radius 2 is 2.09 bits per heavy atom. The second-order valence-corrected chi connectivity index (χ2v) is 7.02. The molecule has 3 aromatic heterocycles. The number of aromatic nitrogens is 5. The van der Waals surface area contributed by atoms with Crippen LogP contribution < -0.4 is 0 Å². The van der Waals surface area contributed by atoms with E-state index in [4.69, 9.17) is 8.94 Å². The molecule has 0 atom stereocenters. The molecule has 0 saturated carbocycles. The van der Waals surface area contributed by atoms with Crippen molar-refractivity contribution < 1.29 is 8.94 Å². The zero-order valence-electron chi connectivity index (χ0n) is 13.6. The van der Waals surface area contributed by atoms with Gasteiger partial charge in [0.05, 0.1) is 12.0 Å². The van der Waals surface area contributed by atoms with Gasteiger partial charge in [-0.1, -0.05) is 37.7 Å². The van der Waals surface area contributed by atoms with E-state index >= 15 is 0 Å². The van der Waals surface area contributed by atoms with Gasteiger partial charge in [-0.2, -0.15) is 4.98 Å². The van der Waals surface area contributed by atoms with Gasteiger partial charge in [0, 0.05) is 12.0 Å². The van der Waals surface area contributed by atoms with E-state index in [-0.39, 0.29) is 5.41 Å². The van der Waals surface area contributed by atoms with Crippen LogP contribution in [0.25, 0.3) is 11.6 Å². The molecule has 0 saturated heterocycles. The van der Waals surface area contributed by atoms with E-state index in [1.807, 2.05) is 44.4 Å². The van der Waals surface area contributed by atoms with E-state index in [0.717, 1.165) is 17.5 Å². The molecule has 3 heterocycles. The number of furan rings is 1. The van der Waals surface area contributed by atoms with Crippen molar-refractivity contribution >= 4 is 11.8 Å². The lowest BCUT2D eigenvalue weighted by Crippen LogP contribution is -2.11. The van der Waals surface area contributed by atoms with Gasteiger partial charge < -0.3 is 8.94 Å². The molecule has 3 rings (SSSR count). The molecule has 122 valence electrons. The molecule has 0 aromatic carbocycles. The first-order valence-electron chi connectivity index (χ1n) is 7.42. The Labute approximate surface area is 138 Å². The van der Waals surface area contributed by atoms with E-state index < -0.39 is 0 Å². The molecule has 0 spiro atoms. The number of rotatable bonds is 5. The Balaban J connectivity index is 1.75. The maximum absolute atomic E-state index is 5.41. The van der Waals surface area contributed by atoms with Crippen LogP contribution in [0, 0.1) is 0 Å². The molecular weight excluding hydrogens is 314 g/mol. The summed E-state index contributed by atoms with van der Waals surface area (Å²) >= 11 is 1.53. The van der Waals surface area contributed by atoms with Crippen LogP contribution in [0.5, 0.6) is 0 Å². The minimum Gasteiger partial charge on any atom is -0.461 e. The Bertz CT molecular complexity index is 770. The monoisotopic (exact) mass is 333 g/mol. The molecule has 0 aliphatic rings. The first-order chi connectivity index (χ1) is 11.0. The second kappa shape index (κ2) is 6.19. The zero-order valence-corrected chi connectivity index (χ0v) is 14.4. The van der Waals surface area contributed by atoms with Crippen LogP contribution >= 0.6 is 11.8 Å². The lowest BCUT2D eigenvalue weighted by Gasteiger charge is -2.10. The van der Waals surface area contributed by atoms with Gasteiger partial charge in [-0.25, -0.2) is 0 Å². The molecule has 0 unspecified atom stereocenters. The number of thioether (sulfide) groups is 1. The van der Waals surface area contributed by atoms with E-state index in [1.54, 1.807) is 6.26 Å². The standard InChI is InChI=1S/C15H19N5O2S/c1-5-20-12(10-7-6-8-21-10)17-18-14(20)23-9-11-16-13(22-19-11)15(2,3)4/h6-8H,5,9H2,1-4H3. The first kappa shape index (κ1) is 15.8. The predicted octanol–water partition coefficient (Wildman–Crippen LogP) is 3.53. The summed E-state index contributed by atoms with van der Waals surface area (Å²) in [6.45, 7) is 8.93. The number of hydrogen-bond acceptors (Lipinski definition) is 7. The van der Waals surface area contributed by atoms with Crippen molar-refractivity contribution in [3.63, 3.8) is 0 Å². The predicted molar refractivity (Wildman–Crippen MR) is 86.0 cm³/mol. The summed E-state index contributed by atoms with van der Waals surface area (Å²) in [7, 11) is 0. The fraction of sp³-hybridized carbons (Fsp3) is 0.467. The van der Waals surface area contributed by atoms with Crippen LogP contribution in [-0.2, 0) is 17.7 Å². The highest BCUT2D eigenvalue weighted by atomic mass is 32.2. The van der Waals surface area contributed by atoms with Crippen LogP contribution in [0.15, 0.2) is 32.5 Å². The summed E-state index contributed by atoms with van der Waals surface area (Å²) in [6.07, 6.45) is 1.63. The highest BCUT2D eigenvalue weighted by Gasteiger charge is 2.22. The van der Waals surface area contributed by atoms with Crippen molar-refractivity contribution in [3.05, 3.63) is 30.1 Å². The highest BCUT2D eigenvalue weighted by molar-refractivity contribution is 7.98. The average Bonchev–Trinajstić information content (AvgIpc) is 3.23. The first-order valence-corrected chi connectivity index (χ1v) is 8.40. The third-order valence-electron chi connectivity index (χ3n) is 3.21. The molecule has 0 aliphatic carbocycles. The number of nitrogens with zero attached hydrogens (tertiary/aromatic N) is 5. The van der Waals surface area contributed by atoms with Crippen molar-refractivity contribution in [2.24, 2.45) is 0 Å². The van der Waals surface area contributed by atoms with Gasteiger partial charge in [0.25, 0.3) is 0 Å². The van der Waals surface area contributed by atoms with Gasteiger partial charge in [0.15, 0.2) is 22.6 Å². The molecule has 0 N–H and O–H groups in total. The van der Waals surface area contributed by atoms with Crippen molar-refractivity contribution in [1.82, 2.24) is 24.9 Å². The van der Waals surface area contributed by atoms with Gasteiger partial charge >= 0.3 is 0 Å². The Morgan fingerprint density at radius 1 is 1.26 bits per heavy atom. The summed E-state index contributed by atoms with van der Waals surface area (Å²) in [5, 5.41) is 13.3.